The molecule has 80 heavy (non-hydrogen) atoms. The van der Waals surface area contributed by atoms with E-state index < -0.39 is 26.5 Å². The van der Waals surface area contributed by atoms with Gasteiger partial charge < -0.3 is 18.9 Å². The molecule has 0 bridgehead atoms. The molecule has 0 aliphatic rings. The van der Waals surface area contributed by atoms with E-state index in [1.807, 2.05) is 21.1 Å². The lowest BCUT2D eigenvalue weighted by molar-refractivity contribution is -0.870. The van der Waals surface area contributed by atoms with E-state index in [4.69, 9.17) is 18.5 Å². The molecule has 10 heteroatoms. The molecule has 0 saturated carbocycles. The zero-order valence-electron chi connectivity index (χ0n) is 53.3. The van der Waals surface area contributed by atoms with E-state index in [0.29, 0.717) is 23.9 Å². The van der Waals surface area contributed by atoms with Crippen molar-refractivity contribution in [2.24, 2.45) is 0 Å². The number of esters is 2. The Bertz CT molecular complexity index is 1530. The molecule has 0 aromatic heterocycles. The predicted octanol–water partition coefficient (Wildman–Crippen LogP) is 21.8. The number of phosphoric acid groups is 1. The lowest BCUT2D eigenvalue weighted by Crippen LogP contribution is -2.37. The second kappa shape index (κ2) is 61.3. The third kappa shape index (κ3) is 64.9. The number of hydrogen-bond acceptors (Lipinski definition) is 7. The highest BCUT2D eigenvalue weighted by molar-refractivity contribution is 7.47. The molecule has 468 valence electrons. The van der Waals surface area contributed by atoms with E-state index in [0.717, 1.165) is 70.6 Å². The minimum atomic E-state index is -4.39. The van der Waals surface area contributed by atoms with Crippen LogP contribution in [0, 0.1) is 0 Å². The maximum Gasteiger partial charge on any atom is 0.472 e. The van der Waals surface area contributed by atoms with Crippen molar-refractivity contribution in [3.63, 3.8) is 0 Å². The largest absolute Gasteiger partial charge is 0.472 e. The minimum Gasteiger partial charge on any atom is -0.462 e. The van der Waals surface area contributed by atoms with Gasteiger partial charge in [-0.15, -0.1) is 0 Å². The summed E-state index contributed by atoms with van der Waals surface area (Å²) in [7, 11) is 1.49. The standard InChI is InChI=1S/C70H130NO8P/c1-6-8-10-12-14-16-18-20-22-24-26-28-30-32-34-35-37-39-41-43-45-47-49-51-53-55-57-59-61-63-70(73)79-68(67-78-80(74,75)77-65-64-71(3,4)5)66-76-69(72)62-60-58-56-54-52-50-48-46-44-42-40-38-36-33-31-29-27-25-23-21-19-17-15-13-11-9-7-2/h8,10,14,16,20,22,26,28,32,34,68H,6-7,9,11-13,15,17-19,21,23-25,27,29-31,33,35-67H2,1-5H3/p+1/b10-8-,16-14-,22-20-,28-26-,34-32-. The third-order valence-electron chi connectivity index (χ3n) is 15.1. The van der Waals surface area contributed by atoms with Crippen molar-refractivity contribution in [3.8, 4) is 0 Å². The Morgan fingerprint density at radius 3 is 1.06 bits per heavy atom. The van der Waals surface area contributed by atoms with E-state index in [1.165, 1.54) is 218 Å². The van der Waals surface area contributed by atoms with E-state index in [9.17, 15) is 19.0 Å². The first-order valence-electron chi connectivity index (χ1n) is 34.0. The van der Waals surface area contributed by atoms with Crippen molar-refractivity contribution in [2.45, 2.75) is 328 Å². The first-order chi connectivity index (χ1) is 39.0. The number of rotatable bonds is 63. The van der Waals surface area contributed by atoms with Crippen LogP contribution in [-0.2, 0) is 32.7 Å². The Balaban J connectivity index is 4.04. The zero-order valence-corrected chi connectivity index (χ0v) is 54.2. The number of hydrogen-bond donors (Lipinski definition) is 1. The van der Waals surface area contributed by atoms with Crippen molar-refractivity contribution in [1.82, 2.24) is 0 Å². The number of likely N-dealkylation sites (N-methyl/N-ethyl adjacent to an activating group) is 1. The number of carbonyl (C=O) groups excluding carboxylic acids is 2. The SMILES string of the molecule is CC/C=C\C/C=C\C/C=C\C/C=C\C/C=C\CCCCCCCCCCCCCCCC(=O)OC(COC(=O)CCCCCCCCCCCCCCCCCCCCCCCCCCCCC)COP(=O)(O)OCC[N+](C)(C)C. The molecule has 0 rings (SSSR count). The van der Waals surface area contributed by atoms with Gasteiger partial charge in [-0.2, -0.15) is 0 Å². The van der Waals surface area contributed by atoms with Crippen LogP contribution in [0.15, 0.2) is 60.8 Å². The second-order valence-corrected chi connectivity index (χ2v) is 25.6. The average molecular weight is 1150 g/mol. The van der Waals surface area contributed by atoms with Crippen molar-refractivity contribution >= 4 is 19.8 Å². The van der Waals surface area contributed by atoms with Gasteiger partial charge in [0.1, 0.15) is 19.8 Å². The smallest absolute Gasteiger partial charge is 0.462 e. The predicted molar refractivity (Wildman–Crippen MR) is 344 cm³/mol. The average Bonchev–Trinajstić information content (AvgIpc) is 3.42. The Hall–Kier alpha value is -2.29. The number of carbonyl (C=O) groups is 2. The summed E-state index contributed by atoms with van der Waals surface area (Å²) in [6.45, 7) is 4.37. The molecule has 0 aliphatic heterocycles. The Morgan fingerprint density at radius 2 is 0.713 bits per heavy atom. The number of allylic oxidation sites excluding steroid dienone is 10. The van der Waals surface area contributed by atoms with Gasteiger partial charge in [0.2, 0.25) is 0 Å². The van der Waals surface area contributed by atoms with Crippen molar-refractivity contribution in [3.05, 3.63) is 60.8 Å². The van der Waals surface area contributed by atoms with E-state index in [-0.39, 0.29) is 25.6 Å². The van der Waals surface area contributed by atoms with Crippen LogP contribution in [0.25, 0.3) is 0 Å². The normalized spacial score (nSPS) is 13.5. The highest BCUT2D eigenvalue weighted by Gasteiger charge is 2.27. The molecule has 0 saturated heterocycles. The molecule has 0 radical (unpaired) electrons. The van der Waals surface area contributed by atoms with Crippen LogP contribution in [-0.4, -0.2) is 74.9 Å². The maximum atomic E-state index is 12.9. The summed E-state index contributed by atoms with van der Waals surface area (Å²) in [6.07, 6.45) is 80.3. The molecular formula is C70H131NO8P+. The van der Waals surface area contributed by atoms with Crippen LogP contribution >= 0.6 is 7.82 Å². The van der Waals surface area contributed by atoms with Gasteiger partial charge in [0, 0.05) is 12.8 Å². The summed E-state index contributed by atoms with van der Waals surface area (Å²) in [4.78, 5) is 35.9. The maximum absolute atomic E-state index is 12.9. The van der Waals surface area contributed by atoms with Gasteiger partial charge in [-0.25, -0.2) is 4.57 Å². The van der Waals surface area contributed by atoms with Crippen LogP contribution in [0.1, 0.15) is 322 Å². The molecule has 2 atom stereocenters. The Morgan fingerprint density at radius 1 is 0.400 bits per heavy atom. The number of quaternary nitrogens is 1. The molecule has 9 nitrogen and oxygen atoms in total. The molecule has 0 fully saturated rings. The van der Waals surface area contributed by atoms with Crippen molar-refractivity contribution < 1.29 is 42.1 Å². The second-order valence-electron chi connectivity index (χ2n) is 24.2. The van der Waals surface area contributed by atoms with Crippen molar-refractivity contribution in [1.29, 1.82) is 0 Å². The lowest BCUT2D eigenvalue weighted by Gasteiger charge is -2.24. The fourth-order valence-electron chi connectivity index (χ4n) is 9.87. The summed E-state index contributed by atoms with van der Waals surface area (Å²) in [6, 6.07) is 0. The van der Waals surface area contributed by atoms with Gasteiger partial charge in [0.05, 0.1) is 27.7 Å². The van der Waals surface area contributed by atoms with E-state index in [1.54, 1.807) is 0 Å². The highest BCUT2D eigenvalue weighted by atomic mass is 31.2. The van der Waals surface area contributed by atoms with Gasteiger partial charge >= 0.3 is 19.8 Å². The summed E-state index contributed by atoms with van der Waals surface area (Å²) in [5, 5.41) is 0. The highest BCUT2D eigenvalue weighted by Crippen LogP contribution is 2.43. The van der Waals surface area contributed by atoms with Crippen LogP contribution in [0.4, 0.5) is 0 Å². The number of nitrogens with zero attached hydrogens (tertiary/aromatic N) is 1. The number of unbranched alkanes of at least 4 members (excludes halogenated alkanes) is 39. The molecule has 1 N–H and O–H groups in total. The first-order valence-corrected chi connectivity index (χ1v) is 35.5. The zero-order chi connectivity index (χ0) is 58.4. The summed E-state index contributed by atoms with van der Waals surface area (Å²) < 4.78 is 34.7. The summed E-state index contributed by atoms with van der Waals surface area (Å²) in [5.74, 6) is -0.783. The molecule has 0 aliphatic carbocycles. The lowest BCUT2D eigenvalue weighted by atomic mass is 10.0. The molecule has 0 heterocycles. The molecular weight excluding hydrogens is 1010 g/mol. The Labute approximate surface area is 496 Å². The summed E-state index contributed by atoms with van der Waals surface area (Å²) in [5.41, 5.74) is 0. The van der Waals surface area contributed by atoms with E-state index >= 15 is 0 Å². The molecule has 0 amide bonds. The van der Waals surface area contributed by atoms with E-state index in [2.05, 4.69) is 74.6 Å². The minimum absolute atomic E-state index is 0.0320. The number of phosphoric ester groups is 1. The quantitative estimate of drug-likeness (QED) is 0.0211. The van der Waals surface area contributed by atoms with Crippen LogP contribution in [0.2, 0.25) is 0 Å². The third-order valence-corrected chi connectivity index (χ3v) is 16.0. The van der Waals surface area contributed by atoms with Gasteiger partial charge in [0.15, 0.2) is 6.10 Å². The molecule has 0 aromatic rings. The first kappa shape index (κ1) is 77.7. The molecule has 0 spiro atoms. The molecule has 2 unspecified atom stereocenters. The van der Waals surface area contributed by atoms with Gasteiger partial charge in [0.25, 0.3) is 0 Å². The van der Waals surface area contributed by atoms with Gasteiger partial charge in [-0.1, -0.05) is 312 Å². The van der Waals surface area contributed by atoms with Crippen LogP contribution in [0.3, 0.4) is 0 Å². The van der Waals surface area contributed by atoms with Crippen molar-refractivity contribution in [2.75, 3.05) is 47.5 Å². The fraction of sp³-hybridized carbons (Fsp3) is 0.829. The molecule has 0 aromatic carbocycles. The van der Waals surface area contributed by atoms with Crippen LogP contribution < -0.4 is 0 Å². The number of ether oxygens (including phenoxy) is 2. The monoisotopic (exact) mass is 1140 g/mol. The van der Waals surface area contributed by atoms with Gasteiger partial charge in [-0.05, 0) is 57.8 Å². The Kier molecular flexibility index (Phi) is 59.5. The topological polar surface area (TPSA) is 108 Å². The summed E-state index contributed by atoms with van der Waals surface area (Å²) >= 11 is 0. The van der Waals surface area contributed by atoms with Gasteiger partial charge in [-0.3, -0.25) is 18.6 Å². The fourth-order valence-corrected chi connectivity index (χ4v) is 10.6. The van der Waals surface area contributed by atoms with Crippen LogP contribution in [0.5, 0.6) is 0 Å².